The topological polar surface area (TPSA) is 405 Å². The number of hydrogen-bond acceptors (Lipinski definition) is 22. The lowest BCUT2D eigenvalue weighted by Gasteiger charge is -2.28. The number of amides is 9. The maximum Gasteiger partial charge on any atom is 0.560 e. The molecule has 3 saturated heterocycles. The number of benzene rings is 4. The number of anilines is 3. The summed E-state index contributed by atoms with van der Waals surface area (Å²) < 4.78 is 20.7. The highest BCUT2D eigenvalue weighted by Gasteiger charge is 2.39. The predicted molar refractivity (Wildman–Crippen MR) is 298 cm³/mol. The van der Waals surface area contributed by atoms with Gasteiger partial charge in [-0.2, -0.15) is 4.79 Å². The molecular weight excluding hydrogens is 1140 g/mol. The quantitative estimate of drug-likeness (QED) is 0.0323. The van der Waals surface area contributed by atoms with Crippen molar-refractivity contribution in [3.05, 3.63) is 100 Å². The summed E-state index contributed by atoms with van der Waals surface area (Å²) in [6.07, 6.45) is -2.80. The number of carboxylic acid groups (broad SMARTS) is 1. The average Bonchev–Trinajstić information content (AvgIpc) is 2.86. The number of nitrogens with one attached hydrogen (secondary N) is 3. The molecule has 33 heteroatoms. The lowest BCUT2D eigenvalue weighted by molar-refractivity contribution is -0.198. The van der Waals surface area contributed by atoms with Gasteiger partial charge in [0.15, 0.2) is 0 Å². The number of fused-ring (bicyclic) bond motifs is 3. The van der Waals surface area contributed by atoms with E-state index < -0.39 is 92.4 Å². The van der Waals surface area contributed by atoms with E-state index in [1.54, 1.807) is 68.4 Å². The second-order valence-corrected chi connectivity index (χ2v) is 20.0. The summed E-state index contributed by atoms with van der Waals surface area (Å²) in [6.45, 7) is 8.47. The molecule has 0 atom stereocenters. The Morgan fingerprint density at radius 2 is 1.04 bits per heavy atom. The predicted octanol–water partition coefficient (Wildman–Crippen LogP) is 1.08. The van der Waals surface area contributed by atoms with Crippen molar-refractivity contribution >= 4 is 133 Å². The van der Waals surface area contributed by atoms with Crippen LogP contribution in [-0.2, 0) is 92.1 Å². The molecule has 0 radical (unpaired) electrons. The standard InChI is InChI=1S/C24H29BN2O7.C12H11BN2O6.C9H8N2O7.C7H8BNO2.ClH/c1-14-9-15(2)22(24(3,4)12-20(28)29)19(10-14)34-21(30)7-8-26-23(31)27-17-6-5-16-13-33-25(32)18(16)11-17;16-10-3-4-11(17)15(10)21-12(18)14-8-2-1-7-6-20-13(19)9(7)5-8;12-5-1-2-6(13)10(5)17-9(16)18-11-7(14)3-4-8(11)15;9-6-2-1-5-4-11-8(10)7(5)3-6;/h5-6,9-11,32H,7-8,12-13H2,1-4H3,(H,28,29)(H2,26,27,31);1-2,5,19H,3-4,6H2,(H,14,18);1-4H2;1-3,10H,4,9H2;1H. The molecule has 6 aliphatic heterocycles. The highest BCUT2D eigenvalue weighted by molar-refractivity contribution is 6.62. The minimum Gasteiger partial charge on any atom is -0.481 e. The van der Waals surface area contributed by atoms with E-state index in [0.717, 1.165) is 33.3 Å². The zero-order chi connectivity index (χ0) is 61.2. The molecule has 0 aromatic heterocycles. The fraction of sp³-hybridized carbons (Fsp3) is 0.327. The number of ether oxygens (including phenoxy) is 1. The van der Waals surface area contributed by atoms with Gasteiger partial charge in [-0.25, -0.2) is 9.59 Å². The Labute approximate surface area is 491 Å². The van der Waals surface area contributed by atoms with Gasteiger partial charge in [-0.05, 0) is 101 Å². The fourth-order valence-electron chi connectivity index (χ4n) is 9.15. The van der Waals surface area contributed by atoms with Crippen LogP contribution in [0.3, 0.4) is 0 Å². The number of carbonyl (C=O) groups is 11. The third kappa shape index (κ3) is 17.1. The Morgan fingerprint density at radius 3 is 1.49 bits per heavy atom. The lowest BCUT2D eigenvalue weighted by Crippen LogP contribution is -2.37. The molecule has 0 unspecified atom stereocenters. The molecule has 29 nitrogen and oxygen atoms in total. The molecule has 9 amide bonds. The number of carbonyl (C=O) groups excluding carboxylic acids is 10. The number of hydroxylamine groups is 6. The van der Waals surface area contributed by atoms with Crippen molar-refractivity contribution < 1.29 is 106 Å². The summed E-state index contributed by atoms with van der Waals surface area (Å²) in [5.41, 5.74) is 13.4. The highest BCUT2D eigenvalue weighted by Crippen LogP contribution is 2.38. The zero-order valence-corrected chi connectivity index (χ0v) is 46.8. The van der Waals surface area contributed by atoms with E-state index in [2.05, 4.69) is 30.5 Å². The maximum atomic E-state index is 12.5. The minimum atomic E-state index is -1.48. The van der Waals surface area contributed by atoms with Gasteiger partial charge in [0.1, 0.15) is 5.75 Å². The first kappa shape index (κ1) is 65.3. The number of nitrogen functional groups attached to an aromatic ring is 1. The Morgan fingerprint density at radius 1 is 0.612 bits per heavy atom. The summed E-state index contributed by atoms with van der Waals surface area (Å²) in [4.78, 5) is 139. The first-order valence-corrected chi connectivity index (χ1v) is 25.8. The number of aliphatic carboxylic acids is 1. The van der Waals surface area contributed by atoms with Gasteiger partial charge >= 0.3 is 51.6 Å². The number of esters is 1. The minimum absolute atomic E-state index is 0. The number of nitrogens with zero attached hydrogens (tertiary/aromatic N) is 3. The monoisotopic (exact) mass is 1200 g/mol. The molecule has 6 heterocycles. The Hall–Kier alpha value is -8.91. The van der Waals surface area contributed by atoms with Crippen LogP contribution in [0.1, 0.15) is 98.6 Å². The van der Waals surface area contributed by atoms with Crippen LogP contribution >= 0.6 is 12.4 Å². The number of rotatable bonds is 12. The second kappa shape index (κ2) is 28.6. The van der Waals surface area contributed by atoms with Gasteiger partial charge in [0.05, 0.1) is 32.7 Å². The molecule has 448 valence electrons. The van der Waals surface area contributed by atoms with Gasteiger partial charge in [-0.3, -0.25) is 53.3 Å². The van der Waals surface area contributed by atoms with E-state index in [0.29, 0.717) is 64.2 Å². The largest absolute Gasteiger partial charge is 0.560 e. The molecule has 10 rings (SSSR count). The van der Waals surface area contributed by atoms with Crippen LogP contribution in [0.25, 0.3) is 0 Å². The van der Waals surface area contributed by atoms with Crippen molar-refractivity contribution in [2.45, 2.75) is 104 Å². The number of hydrogen-bond donors (Lipinski definition) is 8. The Kier molecular flexibility index (Phi) is 21.9. The van der Waals surface area contributed by atoms with Crippen LogP contribution in [0.2, 0.25) is 0 Å². The van der Waals surface area contributed by atoms with Crippen molar-refractivity contribution in [2.75, 3.05) is 22.9 Å². The van der Waals surface area contributed by atoms with Gasteiger partial charge in [-0.15, -0.1) is 17.5 Å². The van der Waals surface area contributed by atoms with Gasteiger partial charge in [0.25, 0.3) is 35.4 Å². The Bertz CT molecular complexity index is 3230. The molecule has 0 saturated carbocycles. The van der Waals surface area contributed by atoms with E-state index >= 15 is 0 Å². The molecule has 0 aliphatic carbocycles. The molecule has 3 fully saturated rings. The number of nitrogens with two attached hydrogens (primary N) is 1. The van der Waals surface area contributed by atoms with Crippen LogP contribution in [0.4, 0.5) is 31.4 Å². The smallest absolute Gasteiger partial charge is 0.481 e. The van der Waals surface area contributed by atoms with E-state index in [1.807, 2.05) is 26.0 Å². The normalized spacial score (nSPS) is 15.5. The number of aryl methyl sites for hydroxylation is 2. The van der Waals surface area contributed by atoms with Crippen molar-refractivity contribution in [3.63, 3.8) is 0 Å². The summed E-state index contributed by atoms with van der Waals surface area (Å²) in [5, 5.41) is 46.5. The van der Waals surface area contributed by atoms with Crippen LogP contribution in [0.15, 0.2) is 66.7 Å². The number of halogens is 1. The number of imide groups is 3. The molecule has 9 N–H and O–H groups in total. The van der Waals surface area contributed by atoms with Crippen molar-refractivity contribution in [2.24, 2.45) is 0 Å². The second-order valence-electron chi connectivity index (χ2n) is 20.0. The van der Waals surface area contributed by atoms with Gasteiger partial charge in [0, 0.05) is 73.1 Å². The van der Waals surface area contributed by atoms with Gasteiger partial charge in [0.2, 0.25) is 0 Å². The maximum absolute atomic E-state index is 12.5. The van der Waals surface area contributed by atoms with Gasteiger partial charge < -0.3 is 60.1 Å². The molecule has 0 spiro atoms. The molecule has 4 aromatic rings. The Balaban J connectivity index is 0.000000194. The summed E-state index contributed by atoms with van der Waals surface area (Å²) in [7, 11) is -2.82. The van der Waals surface area contributed by atoms with Crippen LogP contribution < -0.4 is 42.8 Å². The van der Waals surface area contributed by atoms with Gasteiger partial charge in [-0.1, -0.05) is 48.2 Å². The third-order valence-electron chi connectivity index (χ3n) is 13.0. The highest BCUT2D eigenvalue weighted by atomic mass is 35.5. The van der Waals surface area contributed by atoms with Crippen molar-refractivity contribution in [3.8, 4) is 5.75 Å². The van der Waals surface area contributed by atoms with Crippen LogP contribution in [0.5, 0.6) is 5.75 Å². The van der Waals surface area contributed by atoms with E-state index in [1.165, 1.54) is 0 Å². The summed E-state index contributed by atoms with van der Waals surface area (Å²) in [6, 6.07) is 18.5. The molecule has 0 bridgehead atoms. The summed E-state index contributed by atoms with van der Waals surface area (Å²) >= 11 is 0. The zero-order valence-electron chi connectivity index (χ0n) is 46.0. The average molecular weight is 1200 g/mol. The number of urea groups is 1. The van der Waals surface area contributed by atoms with E-state index in [4.69, 9.17) is 24.4 Å². The first-order chi connectivity index (χ1) is 39.8. The summed E-state index contributed by atoms with van der Waals surface area (Å²) in [5.74, 6) is -4.99. The third-order valence-corrected chi connectivity index (χ3v) is 13.0. The molecular formula is C52H57B3ClN7O22. The van der Waals surface area contributed by atoms with E-state index in [-0.39, 0.29) is 80.4 Å². The van der Waals surface area contributed by atoms with Crippen molar-refractivity contribution in [1.29, 1.82) is 0 Å². The fourth-order valence-corrected chi connectivity index (χ4v) is 9.15. The van der Waals surface area contributed by atoms with E-state index in [9.17, 15) is 72.9 Å². The van der Waals surface area contributed by atoms with Crippen LogP contribution in [0, 0.1) is 13.8 Å². The molecule has 6 aliphatic rings. The SMILES string of the molecule is Cc1cc(C)c(C(C)(C)CC(=O)O)c(OC(=O)CCNC(=O)Nc2ccc3c(c2)B(O)OC3)c1.Cl.Nc1ccc2c(c1)B(O)OC2.O=C(Nc1ccc2c(c1)B(O)OC2)ON1C(=O)CCC1=O.O=C(ON1C(=O)CCC1=O)ON1C(=O)CCC1=O. The first-order valence-electron chi connectivity index (χ1n) is 25.8. The molecule has 85 heavy (non-hydrogen) atoms. The molecule has 4 aromatic carbocycles. The van der Waals surface area contributed by atoms with Crippen molar-refractivity contribution in [1.82, 2.24) is 20.5 Å². The number of carboxylic acids is 1. The van der Waals surface area contributed by atoms with Crippen LogP contribution in [-0.4, -0.2) is 129 Å². The lowest BCUT2D eigenvalue weighted by atomic mass is 9.78.